The highest BCUT2D eigenvalue weighted by molar-refractivity contribution is 6.34. The molecule has 0 aliphatic carbocycles. The van der Waals surface area contributed by atoms with Crippen molar-refractivity contribution in [1.29, 1.82) is 0 Å². The van der Waals surface area contributed by atoms with Crippen molar-refractivity contribution in [3.8, 4) is 0 Å². The van der Waals surface area contributed by atoms with Gasteiger partial charge in [0.2, 0.25) is 0 Å². The van der Waals surface area contributed by atoms with E-state index in [1.807, 2.05) is 6.92 Å². The zero-order chi connectivity index (χ0) is 23.7. The number of nitrogens with zero attached hydrogens (tertiary/aromatic N) is 2. The van der Waals surface area contributed by atoms with Gasteiger partial charge in [-0.2, -0.15) is 4.73 Å². The Morgan fingerprint density at radius 2 is 1.79 bits per heavy atom. The first-order valence-electron chi connectivity index (χ1n) is 10.5. The van der Waals surface area contributed by atoms with Crippen LogP contribution in [0.4, 0.5) is 15.8 Å². The van der Waals surface area contributed by atoms with Crippen molar-refractivity contribution in [2.24, 2.45) is 0 Å². The quantitative estimate of drug-likeness (QED) is 0.467. The molecule has 3 aromatic rings. The molecule has 2 N–H and O–H groups in total. The Morgan fingerprint density at radius 1 is 1.12 bits per heavy atom. The van der Waals surface area contributed by atoms with Crippen molar-refractivity contribution < 1.29 is 14.4 Å². The summed E-state index contributed by atoms with van der Waals surface area (Å²) >= 11 is 12.4. The van der Waals surface area contributed by atoms with Crippen molar-refractivity contribution >= 4 is 40.5 Å². The summed E-state index contributed by atoms with van der Waals surface area (Å²) < 4.78 is 13.5. The van der Waals surface area contributed by atoms with Gasteiger partial charge in [0.1, 0.15) is 10.8 Å². The fraction of sp³-hybridized carbons (Fsp3) is 0.250. The third kappa shape index (κ3) is 4.84. The van der Waals surface area contributed by atoms with E-state index in [4.69, 9.17) is 23.2 Å². The lowest BCUT2D eigenvalue weighted by molar-refractivity contribution is 0.0708. The van der Waals surface area contributed by atoms with E-state index in [1.165, 1.54) is 12.1 Å². The molecule has 0 radical (unpaired) electrons. The van der Waals surface area contributed by atoms with Crippen molar-refractivity contribution in [3.63, 3.8) is 0 Å². The highest BCUT2D eigenvalue weighted by atomic mass is 35.5. The average Bonchev–Trinajstić information content (AvgIpc) is 2.81. The summed E-state index contributed by atoms with van der Waals surface area (Å²) in [4.78, 5) is 27.3. The summed E-state index contributed by atoms with van der Waals surface area (Å²) in [5, 5.41) is 13.2. The SMILES string of the molecule is Cc1ccc(Cl)cc1Nc1c(C(=O)N2CCC(c3ccc(F)cc3)CC2)cn(O)c(=O)c1Cl. The highest BCUT2D eigenvalue weighted by Crippen LogP contribution is 2.33. The van der Waals surface area contributed by atoms with Gasteiger partial charge in [0.25, 0.3) is 5.91 Å². The molecular formula is C24H22Cl2FN3O3. The standard InChI is InChI=1S/C24H22Cl2FN3O3/c1-14-2-5-17(25)12-20(14)28-22-19(13-30(33)24(32)21(22)26)23(31)29-10-8-16(9-11-29)15-3-6-18(27)7-4-15/h2-7,12-13,16,28,33H,8-11H2,1H3. The monoisotopic (exact) mass is 489 g/mol. The summed E-state index contributed by atoms with van der Waals surface area (Å²) in [6, 6.07) is 11.6. The zero-order valence-corrected chi connectivity index (χ0v) is 19.3. The van der Waals surface area contributed by atoms with E-state index < -0.39 is 5.56 Å². The minimum atomic E-state index is -0.842. The first-order valence-corrected chi connectivity index (χ1v) is 11.2. The molecule has 0 bridgehead atoms. The van der Waals surface area contributed by atoms with Gasteiger partial charge in [0, 0.05) is 23.8 Å². The lowest BCUT2D eigenvalue weighted by atomic mass is 9.89. The molecule has 0 atom stereocenters. The molecule has 2 aromatic carbocycles. The van der Waals surface area contributed by atoms with Crippen LogP contribution in [0.3, 0.4) is 0 Å². The largest absolute Gasteiger partial charge is 0.425 e. The molecule has 2 heterocycles. The second-order valence-corrected chi connectivity index (χ2v) is 8.90. The van der Waals surface area contributed by atoms with Crippen LogP contribution in [-0.4, -0.2) is 33.8 Å². The molecule has 0 unspecified atom stereocenters. The maximum absolute atomic E-state index is 13.4. The number of amides is 1. The number of aromatic nitrogens is 1. The highest BCUT2D eigenvalue weighted by Gasteiger charge is 2.28. The number of carbonyl (C=O) groups excluding carboxylic acids is 1. The number of rotatable bonds is 4. The van der Waals surface area contributed by atoms with Crippen LogP contribution in [0.5, 0.6) is 0 Å². The minimum absolute atomic E-state index is 0.0710. The first-order chi connectivity index (χ1) is 15.7. The number of hydrogen-bond donors (Lipinski definition) is 2. The number of benzene rings is 2. The molecule has 1 fully saturated rings. The smallest absolute Gasteiger partial charge is 0.303 e. The van der Waals surface area contributed by atoms with E-state index >= 15 is 0 Å². The summed E-state index contributed by atoms with van der Waals surface area (Å²) in [6.45, 7) is 2.79. The Hall–Kier alpha value is -3.03. The van der Waals surface area contributed by atoms with E-state index in [2.05, 4.69) is 5.32 Å². The maximum atomic E-state index is 13.4. The first kappa shape index (κ1) is 23.1. The van der Waals surface area contributed by atoms with Crippen molar-refractivity contribution in [2.45, 2.75) is 25.7 Å². The molecule has 1 aliphatic heterocycles. The van der Waals surface area contributed by atoms with Crippen LogP contribution in [0.15, 0.2) is 53.5 Å². The zero-order valence-electron chi connectivity index (χ0n) is 17.8. The topological polar surface area (TPSA) is 74.6 Å². The van der Waals surface area contributed by atoms with Crippen molar-refractivity contribution in [2.75, 3.05) is 18.4 Å². The number of likely N-dealkylation sites (tertiary alicyclic amines) is 1. The fourth-order valence-corrected chi connectivity index (χ4v) is 4.45. The molecule has 1 saturated heterocycles. The lowest BCUT2D eigenvalue weighted by Crippen LogP contribution is -2.39. The molecule has 1 aliphatic rings. The van der Waals surface area contributed by atoms with Gasteiger partial charge in [0.05, 0.1) is 17.4 Å². The van der Waals surface area contributed by atoms with Crippen LogP contribution >= 0.6 is 23.2 Å². The maximum Gasteiger partial charge on any atom is 0.303 e. The Morgan fingerprint density at radius 3 is 2.45 bits per heavy atom. The second kappa shape index (κ2) is 9.45. The van der Waals surface area contributed by atoms with E-state index in [0.717, 1.165) is 17.3 Å². The van der Waals surface area contributed by atoms with E-state index in [1.54, 1.807) is 35.2 Å². The van der Waals surface area contributed by atoms with Gasteiger partial charge in [0.15, 0.2) is 0 Å². The third-order valence-electron chi connectivity index (χ3n) is 5.95. The van der Waals surface area contributed by atoms with E-state index in [0.29, 0.717) is 41.4 Å². The number of aryl methyl sites for hydroxylation is 1. The summed E-state index contributed by atoms with van der Waals surface area (Å²) in [5.41, 5.74) is 1.80. The lowest BCUT2D eigenvalue weighted by Gasteiger charge is -2.33. The predicted molar refractivity (Wildman–Crippen MR) is 127 cm³/mol. The van der Waals surface area contributed by atoms with Gasteiger partial charge in [-0.15, -0.1) is 0 Å². The van der Waals surface area contributed by atoms with Gasteiger partial charge in [-0.3, -0.25) is 9.59 Å². The van der Waals surface area contributed by atoms with E-state index in [-0.39, 0.29) is 33.9 Å². The van der Waals surface area contributed by atoms with Crippen molar-refractivity contribution in [1.82, 2.24) is 9.63 Å². The molecule has 0 saturated carbocycles. The summed E-state index contributed by atoms with van der Waals surface area (Å²) in [6.07, 6.45) is 2.49. The molecule has 0 spiro atoms. The number of nitrogens with one attached hydrogen (secondary N) is 1. The van der Waals surface area contributed by atoms with Gasteiger partial charge in [-0.05, 0) is 61.1 Å². The van der Waals surface area contributed by atoms with Gasteiger partial charge in [-0.25, -0.2) is 4.39 Å². The van der Waals surface area contributed by atoms with Gasteiger partial charge >= 0.3 is 5.56 Å². The number of piperidine rings is 1. The number of carbonyl (C=O) groups is 1. The van der Waals surface area contributed by atoms with Crippen LogP contribution in [0.1, 0.15) is 40.2 Å². The molecule has 6 nitrogen and oxygen atoms in total. The molecule has 1 aromatic heterocycles. The number of halogens is 3. The normalized spacial score (nSPS) is 14.4. The van der Waals surface area contributed by atoms with Crippen LogP contribution < -0.4 is 10.9 Å². The molecule has 1 amide bonds. The summed E-state index contributed by atoms with van der Waals surface area (Å²) in [7, 11) is 0. The molecule has 9 heteroatoms. The van der Waals surface area contributed by atoms with Gasteiger partial charge in [-0.1, -0.05) is 41.4 Å². The molecule has 33 heavy (non-hydrogen) atoms. The van der Waals surface area contributed by atoms with Gasteiger partial charge < -0.3 is 15.4 Å². The predicted octanol–water partition coefficient (Wildman–Crippen LogP) is 5.60. The number of hydrogen-bond acceptors (Lipinski definition) is 4. The summed E-state index contributed by atoms with van der Waals surface area (Å²) in [5.74, 6) is -0.423. The van der Waals surface area contributed by atoms with Crippen molar-refractivity contribution in [3.05, 3.63) is 91.6 Å². The third-order valence-corrected chi connectivity index (χ3v) is 6.54. The fourth-order valence-electron chi connectivity index (χ4n) is 4.04. The Kier molecular flexibility index (Phi) is 6.63. The number of pyridine rings is 1. The van der Waals surface area contributed by atoms with Crippen LogP contribution in [0.2, 0.25) is 10.0 Å². The molecular weight excluding hydrogens is 468 g/mol. The Labute approximate surface area is 200 Å². The molecule has 172 valence electrons. The molecule has 4 rings (SSSR count). The Bertz CT molecular complexity index is 1250. The van der Waals surface area contributed by atoms with E-state index in [9.17, 15) is 19.2 Å². The number of anilines is 2. The van der Waals surface area contributed by atoms with Crippen LogP contribution in [0, 0.1) is 12.7 Å². The van der Waals surface area contributed by atoms with Crippen LogP contribution in [0.25, 0.3) is 0 Å². The average molecular weight is 490 g/mol. The van der Waals surface area contributed by atoms with Crippen LogP contribution in [-0.2, 0) is 0 Å². The Balaban J connectivity index is 1.60. The minimum Gasteiger partial charge on any atom is -0.425 e. The second-order valence-electron chi connectivity index (χ2n) is 8.08.